The van der Waals surface area contributed by atoms with Crippen LogP contribution >= 0.6 is 11.6 Å². The van der Waals surface area contributed by atoms with Crippen molar-refractivity contribution in [3.63, 3.8) is 0 Å². The number of likely N-dealkylation sites (N-methyl/N-ethyl adjacent to an activating group) is 1. The number of anilines is 2. The van der Waals surface area contributed by atoms with E-state index in [0.29, 0.717) is 18.4 Å². The lowest BCUT2D eigenvalue weighted by atomic mass is 10.4. The van der Waals surface area contributed by atoms with Gasteiger partial charge in [-0.25, -0.2) is 0 Å². The zero-order valence-electron chi connectivity index (χ0n) is 11.6. The molecule has 0 aromatic carbocycles. The number of hydrogen-bond donors (Lipinski definition) is 1. The van der Waals surface area contributed by atoms with Gasteiger partial charge in [-0.05, 0) is 18.0 Å². The molecular weight excluding hydrogens is 268 g/mol. The average Bonchev–Trinajstić information content (AvgIpc) is 2.37. The van der Waals surface area contributed by atoms with Crippen molar-refractivity contribution in [3.05, 3.63) is 5.28 Å². The molecule has 106 valence electrons. The molecule has 0 atom stereocenters. The predicted octanol–water partition coefficient (Wildman–Crippen LogP) is 0.871. The Morgan fingerprint density at radius 1 is 1.32 bits per heavy atom. The van der Waals surface area contributed by atoms with Gasteiger partial charge in [-0.1, -0.05) is 6.92 Å². The lowest BCUT2D eigenvalue weighted by Crippen LogP contribution is -2.38. The maximum Gasteiger partial charge on any atom is 0.241 e. The molecule has 1 N–H and O–H groups in total. The van der Waals surface area contributed by atoms with Gasteiger partial charge in [0.15, 0.2) is 0 Å². The minimum Gasteiger partial charge on any atom is -0.357 e. The van der Waals surface area contributed by atoms with E-state index < -0.39 is 0 Å². The minimum atomic E-state index is -0.0176. The van der Waals surface area contributed by atoms with Gasteiger partial charge in [0.25, 0.3) is 0 Å². The Labute approximate surface area is 118 Å². The van der Waals surface area contributed by atoms with E-state index >= 15 is 0 Å². The van der Waals surface area contributed by atoms with E-state index in [4.69, 9.17) is 11.6 Å². The molecule has 0 spiro atoms. The Balaban J connectivity index is 2.97. The van der Waals surface area contributed by atoms with Crippen molar-refractivity contribution in [3.8, 4) is 0 Å². The SMILES string of the molecule is CCCN(CC(=O)N(C)C)c1nc(Cl)nc(NC)n1. The number of carbonyl (C=O) groups is 1. The van der Waals surface area contributed by atoms with Gasteiger partial charge in [-0.15, -0.1) is 0 Å². The number of halogens is 1. The van der Waals surface area contributed by atoms with Crippen LogP contribution in [0, 0.1) is 0 Å². The van der Waals surface area contributed by atoms with Crippen molar-refractivity contribution in [2.75, 3.05) is 44.4 Å². The molecule has 1 aromatic rings. The fourth-order valence-electron chi connectivity index (χ4n) is 1.42. The van der Waals surface area contributed by atoms with Crippen LogP contribution in [0.4, 0.5) is 11.9 Å². The summed E-state index contributed by atoms with van der Waals surface area (Å²) >= 11 is 5.85. The van der Waals surface area contributed by atoms with Gasteiger partial charge in [0.05, 0.1) is 6.54 Å². The summed E-state index contributed by atoms with van der Waals surface area (Å²) in [6.45, 7) is 2.91. The fourth-order valence-corrected chi connectivity index (χ4v) is 1.57. The third-order valence-electron chi connectivity index (χ3n) is 2.42. The highest BCUT2D eigenvalue weighted by Crippen LogP contribution is 2.14. The second-order valence-electron chi connectivity index (χ2n) is 4.19. The van der Waals surface area contributed by atoms with Crippen molar-refractivity contribution in [1.29, 1.82) is 0 Å². The van der Waals surface area contributed by atoms with Gasteiger partial charge >= 0.3 is 0 Å². The Kier molecular flexibility index (Phi) is 5.75. The van der Waals surface area contributed by atoms with E-state index in [1.807, 2.05) is 6.92 Å². The molecule has 0 aliphatic carbocycles. The van der Waals surface area contributed by atoms with Crippen LogP contribution in [-0.2, 0) is 4.79 Å². The van der Waals surface area contributed by atoms with Crippen molar-refractivity contribution in [2.24, 2.45) is 0 Å². The van der Waals surface area contributed by atoms with Crippen LogP contribution in [0.25, 0.3) is 0 Å². The van der Waals surface area contributed by atoms with Gasteiger partial charge in [-0.3, -0.25) is 4.79 Å². The molecule has 0 aliphatic rings. The average molecular weight is 287 g/mol. The van der Waals surface area contributed by atoms with Gasteiger partial charge in [0.2, 0.25) is 23.1 Å². The van der Waals surface area contributed by atoms with Crippen molar-refractivity contribution < 1.29 is 4.79 Å². The topological polar surface area (TPSA) is 74.2 Å². The van der Waals surface area contributed by atoms with Crippen LogP contribution in [0.15, 0.2) is 0 Å². The number of nitrogens with zero attached hydrogens (tertiary/aromatic N) is 5. The van der Waals surface area contributed by atoms with E-state index in [0.717, 1.165) is 6.42 Å². The van der Waals surface area contributed by atoms with Crippen LogP contribution in [-0.4, -0.2) is 60.0 Å². The first-order chi connectivity index (χ1) is 8.97. The van der Waals surface area contributed by atoms with Crippen molar-refractivity contribution in [1.82, 2.24) is 19.9 Å². The van der Waals surface area contributed by atoms with Gasteiger partial charge < -0.3 is 15.1 Å². The number of aromatic nitrogens is 3. The highest BCUT2D eigenvalue weighted by Gasteiger charge is 2.16. The monoisotopic (exact) mass is 286 g/mol. The largest absolute Gasteiger partial charge is 0.357 e. The third-order valence-corrected chi connectivity index (χ3v) is 2.59. The first-order valence-electron chi connectivity index (χ1n) is 6.02. The molecule has 1 rings (SSSR count). The summed E-state index contributed by atoms with van der Waals surface area (Å²) in [6.07, 6.45) is 0.874. The molecule has 0 bridgehead atoms. The maximum absolute atomic E-state index is 11.8. The molecule has 7 nitrogen and oxygen atoms in total. The Bertz CT molecular complexity index is 439. The third kappa shape index (κ3) is 4.51. The highest BCUT2D eigenvalue weighted by atomic mass is 35.5. The highest BCUT2D eigenvalue weighted by molar-refractivity contribution is 6.28. The Morgan fingerprint density at radius 3 is 2.53 bits per heavy atom. The smallest absolute Gasteiger partial charge is 0.241 e. The van der Waals surface area contributed by atoms with Crippen molar-refractivity contribution in [2.45, 2.75) is 13.3 Å². The Hall–Kier alpha value is -1.63. The molecule has 0 saturated heterocycles. The molecule has 0 radical (unpaired) electrons. The maximum atomic E-state index is 11.8. The number of carbonyl (C=O) groups excluding carboxylic acids is 1. The lowest BCUT2D eigenvalue weighted by molar-refractivity contribution is -0.127. The summed E-state index contributed by atoms with van der Waals surface area (Å²) in [4.78, 5) is 27.3. The summed E-state index contributed by atoms with van der Waals surface area (Å²) in [5, 5.41) is 2.92. The molecule has 8 heteroatoms. The van der Waals surface area contributed by atoms with Crippen LogP contribution in [0.2, 0.25) is 5.28 Å². The number of hydrogen-bond acceptors (Lipinski definition) is 6. The molecule has 0 aliphatic heterocycles. The summed E-state index contributed by atoms with van der Waals surface area (Å²) in [7, 11) is 5.13. The van der Waals surface area contributed by atoms with E-state index in [9.17, 15) is 4.79 Å². The predicted molar refractivity (Wildman–Crippen MR) is 75.6 cm³/mol. The van der Waals surface area contributed by atoms with E-state index in [-0.39, 0.29) is 17.7 Å². The zero-order chi connectivity index (χ0) is 14.4. The van der Waals surface area contributed by atoms with Gasteiger partial charge in [0, 0.05) is 27.7 Å². The summed E-state index contributed by atoms with van der Waals surface area (Å²) in [5.74, 6) is 0.769. The second kappa shape index (κ2) is 7.08. The Morgan fingerprint density at radius 2 is 2.00 bits per heavy atom. The lowest BCUT2D eigenvalue weighted by Gasteiger charge is -2.23. The normalized spacial score (nSPS) is 10.2. The number of amides is 1. The zero-order valence-corrected chi connectivity index (χ0v) is 12.4. The molecule has 1 aromatic heterocycles. The quantitative estimate of drug-likeness (QED) is 0.836. The van der Waals surface area contributed by atoms with Gasteiger partial charge in [0.1, 0.15) is 0 Å². The summed E-state index contributed by atoms with van der Waals surface area (Å²) in [5.41, 5.74) is 0. The number of nitrogens with one attached hydrogen (secondary N) is 1. The van der Waals surface area contributed by atoms with E-state index in [1.54, 1.807) is 26.0 Å². The van der Waals surface area contributed by atoms with Crippen LogP contribution in [0.5, 0.6) is 0 Å². The molecule has 0 saturated carbocycles. The van der Waals surface area contributed by atoms with Crippen LogP contribution in [0.1, 0.15) is 13.3 Å². The first kappa shape index (κ1) is 15.4. The molecule has 0 fully saturated rings. The van der Waals surface area contributed by atoms with E-state index in [1.165, 1.54) is 4.90 Å². The van der Waals surface area contributed by atoms with Crippen LogP contribution < -0.4 is 10.2 Å². The number of rotatable bonds is 6. The van der Waals surface area contributed by atoms with Crippen molar-refractivity contribution >= 4 is 29.4 Å². The first-order valence-corrected chi connectivity index (χ1v) is 6.40. The minimum absolute atomic E-state index is 0.0176. The fraction of sp³-hybridized carbons (Fsp3) is 0.636. The summed E-state index contributed by atoms with van der Waals surface area (Å²) < 4.78 is 0. The van der Waals surface area contributed by atoms with Crippen LogP contribution in [0.3, 0.4) is 0 Å². The van der Waals surface area contributed by atoms with E-state index in [2.05, 4.69) is 20.3 Å². The van der Waals surface area contributed by atoms with Gasteiger partial charge in [-0.2, -0.15) is 15.0 Å². The molecule has 19 heavy (non-hydrogen) atoms. The standard InChI is InChI=1S/C11H19ClN6O/c1-5-6-18(7-8(19)17(3)4)11-15-9(12)14-10(13-2)16-11/h5-7H2,1-4H3,(H,13,14,15,16). The second-order valence-corrected chi connectivity index (χ2v) is 4.53. The molecule has 1 amide bonds. The molecule has 1 heterocycles. The molecular formula is C11H19ClN6O. The summed E-state index contributed by atoms with van der Waals surface area (Å²) in [6, 6.07) is 0. The molecule has 0 unspecified atom stereocenters.